The SMILES string of the molecule is COC(=O)c1ccc(-n2c(C)cc(/C=C3\SC(=Nc4ccc(C)cc4)NC3=O)c2C)c(C)c1. The van der Waals surface area contributed by atoms with Gasteiger partial charge >= 0.3 is 5.97 Å². The number of amides is 1. The molecule has 0 saturated carbocycles. The fourth-order valence-corrected chi connectivity index (χ4v) is 4.65. The second-order valence-corrected chi connectivity index (χ2v) is 9.00. The third-order valence-corrected chi connectivity index (χ3v) is 6.44. The first-order valence-electron chi connectivity index (χ1n) is 10.5. The summed E-state index contributed by atoms with van der Waals surface area (Å²) in [6.45, 7) is 8.03. The van der Waals surface area contributed by atoms with Crippen LogP contribution < -0.4 is 5.32 Å². The van der Waals surface area contributed by atoms with Crippen LogP contribution in [0.3, 0.4) is 0 Å². The van der Waals surface area contributed by atoms with E-state index in [2.05, 4.69) is 20.9 Å². The molecule has 7 heteroatoms. The van der Waals surface area contributed by atoms with Crippen LogP contribution >= 0.6 is 11.8 Å². The van der Waals surface area contributed by atoms with E-state index in [1.54, 1.807) is 6.07 Å². The largest absolute Gasteiger partial charge is 0.465 e. The molecule has 0 bridgehead atoms. The summed E-state index contributed by atoms with van der Waals surface area (Å²) >= 11 is 1.33. The number of benzene rings is 2. The molecule has 3 aromatic rings. The molecule has 4 rings (SSSR count). The van der Waals surface area contributed by atoms with Crippen molar-refractivity contribution in [3.63, 3.8) is 0 Å². The molecule has 168 valence electrons. The number of amidine groups is 1. The van der Waals surface area contributed by atoms with E-state index in [-0.39, 0.29) is 11.9 Å². The molecule has 2 heterocycles. The Morgan fingerprint density at radius 3 is 2.45 bits per heavy atom. The predicted molar refractivity (Wildman–Crippen MR) is 133 cm³/mol. The summed E-state index contributed by atoms with van der Waals surface area (Å²) in [5.41, 5.74) is 7.41. The maximum absolute atomic E-state index is 12.6. The van der Waals surface area contributed by atoms with Crippen LogP contribution in [0.15, 0.2) is 58.4 Å². The number of nitrogens with zero attached hydrogens (tertiary/aromatic N) is 2. The van der Waals surface area contributed by atoms with Crippen molar-refractivity contribution in [1.29, 1.82) is 0 Å². The maximum atomic E-state index is 12.6. The number of aliphatic imine (C=N–C) groups is 1. The van der Waals surface area contributed by atoms with Crippen LogP contribution in [0.2, 0.25) is 0 Å². The van der Waals surface area contributed by atoms with Crippen LogP contribution in [0.1, 0.15) is 38.4 Å². The number of carbonyl (C=O) groups excluding carboxylic acids is 2. The van der Waals surface area contributed by atoms with E-state index in [4.69, 9.17) is 4.74 Å². The van der Waals surface area contributed by atoms with Gasteiger partial charge in [-0.15, -0.1) is 0 Å². The Kier molecular flexibility index (Phi) is 6.24. The Bertz CT molecular complexity index is 1320. The van der Waals surface area contributed by atoms with Gasteiger partial charge in [-0.2, -0.15) is 0 Å². The van der Waals surface area contributed by atoms with Gasteiger partial charge in [0.05, 0.1) is 23.3 Å². The zero-order chi connectivity index (χ0) is 23.7. The second-order valence-electron chi connectivity index (χ2n) is 7.97. The minimum atomic E-state index is -0.358. The summed E-state index contributed by atoms with van der Waals surface area (Å²) in [5, 5.41) is 3.41. The number of nitrogens with one attached hydrogen (secondary N) is 1. The van der Waals surface area contributed by atoms with E-state index in [0.29, 0.717) is 15.6 Å². The number of aryl methyl sites for hydroxylation is 3. The lowest BCUT2D eigenvalue weighted by Crippen LogP contribution is -2.19. The zero-order valence-electron chi connectivity index (χ0n) is 19.2. The molecular weight excluding hydrogens is 434 g/mol. The highest BCUT2D eigenvalue weighted by Crippen LogP contribution is 2.31. The molecule has 1 fully saturated rings. The standard InChI is InChI=1S/C26H25N3O3S/c1-15-6-9-21(10-7-15)27-26-28-24(30)23(33-26)14-20-13-17(3)29(18(20)4)22-11-8-19(12-16(22)2)25(31)32-5/h6-14H,1-5H3,(H,27,28,30)/b23-14-. The van der Waals surface area contributed by atoms with Crippen molar-refractivity contribution in [3.8, 4) is 5.69 Å². The Labute approximate surface area is 197 Å². The minimum absolute atomic E-state index is 0.158. The Morgan fingerprint density at radius 1 is 1.06 bits per heavy atom. The maximum Gasteiger partial charge on any atom is 0.337 e. The Morgan fingerprint density at radius 2 is 1.79 bits per heavy atom. The van der Waals surface area contributed by atoms with Crippen LogP contribution in [-0.2, 0) is 9.53 Å². The molecule has 6 nitrogen and oxygen atoms in total. The number of esters is 1. The molecule has 0 spiro atoms. The van der Waals surface area contributed by atoms with Crippen molar-refractivity contribution >= 4 is 40.6 Å². The van der Waals surface area contributed by atoms with E-state index >= 15 is 0 Å². The van der Waals surface area contributed by atoms with Gasteiger partial charge < -0.3 is 14.6 Å². The number of carbonyl (C=O) groups is 2. The first-order chi connectivity index (χ1) is 15.8. The van der Waals surface area contributed by atoms with Gasteiger partial charge in [-0.1, -0.05) is 17.7 Å². The molecule has 1 aliphatic rings. The number of hydrogen-bond donors (Lipinski definition) is 1. The summed E-state index contributed by atoms with van der Waals surface area (Å²) in [7, 11) is 1.37. The number of rotatable bonds is 4. The van der Waals surface area contributed by atoms with Crippen molar-refractivity contribution in [2.24, 2.45) is 4.99 Å². The normalized spacial score (nSPS) is 15.8. The van der Waals surface area contributed by atoms with Gasteiger partial charge in [-0.3, -0.25) is 4.79 Å². The summed E-state index contributed by atoms with van der Waals surface area (Å²) in [4.78, 5) is 29.5. The Hall–Kier alpha value is -3.58. The summed E-state index contributed by atoms with van der Waals surface area (Å²) in [6.07, 6.45) is 1.90. The lowest BCUT2D eigenvalue weighted by molar-refractivity contribution is -0.115. The van der Waals surface area contributed by atoms with E-state index in [9.17, 15) is 9.59 Å². The van der Waals surface area contributed by atoms with Gasteiger partial charge in [0.2, 0.25) is 0 Å². The van der Waals surface area contributed by atoms with E-state index in [1.165, 1.54) is 18.9 Å². The second kappa shape index (κ2) is 9.11. The van der Waals surface area contributed by atoms with Gasteiger partial charge in [0, 0.05) is 17.1 Å². The van der Waals surface area contributed by atoms with Gasteiger partial charge in [0.15, 0.2) is 5.17 Å². The van der Waals surface area contributed by atoms with Crippen LogP contribution in [-0.4, -0.2) is 28.7 Å². The third kappa shape index (κ3) is 4.64. The smallest absolute Gasteiger partial charge is 0.337 e. The van der Waals surface area contributed by atoms with Crippen molar-refractivity contribution in [1.82, 2.24) is 9.88 Å². The molecule has 1 aromatic heterocycles. The van der Waals surface area contributed by atoms with Crippen molar-refractivity contribution in [2.45, 2.75) is 27.7 Å². The van der Waals surface area contributed by atoms with E-state index < -0.39 is 0 Å². The van der Waals surface area contributed by atoms with Gasteiger partial charge in [0.25, 0.3) is 5.91 Å². The molecule has 0 unspecified atom stereocenters. The summed E-state index contributed by atoms with van der Waals surface area (Å²) in [5.74, 6) is -0.516. The number of hydrogen-bond acceptors (Lipinski definition) is 5. The highest BCUT2D eigenvalue weighted by atomic mass is 32.2. The minimum Gasteiger partial charge on any atom is -0.465 e. The van der Waals surface area contributed by atoms with Gasteiger partial charge in [-0.05, 0) is 93.1 Å². The number of methoxy groups -OCH3 is 1. The van der Waals surface area contributed by atoms with Crippen LogP contribution in [0.5, 0.6) is 0 Å². The van der Waals surface area contributed by atoms with Crippen molar-refractivity contribution in [3.05, 3.63) is 87.1 Å². The summed E-state index contributed by atoms with van der Waals surface area (Å²) < 4.78 is 6.95. The lowest BCUT2D eigenvalue weighted by atomic mass is 10.1. The van der Waals surface area contributed by atoms with Crippen molar-refractivity contribution < 1.29 is 14.3 Å². The fraction of sp³-hybridized carbons (Fsp3) is 0.192. The molecule has 0 atom stereocenters. The number of ether oxygens (including phenoxy) is 1. The molecule has 1 aliphatic heterocycles. The molecule has 0 aliphatic carbocycles. The van der Waals surface area contributed by atoms with Crippen LogP contribution in [0, 0.1) is 27.7 Å². The predicted octanol–water partition coefficient (Wildman–Crippen LogP) is 5.39. The van der Waals surface area contributed by atoms with Gasteiger partial charge in [0.1, 0.15) is 0 Å². The average molecular weight is 460 g/mol. The zero-order valence-corrected chi connectivity index (χ0v) is 20.0. The summed E-state index contributed by atoms with van der Waals surface area (Å²) in [6, 6.07) is 15.4. The molecule has 1 saturated heterocycles. The first-order valence-corrected chi connectivity index (χ1v) is 11.3. The lowest BCUT2D eigenvalue weighted by Gasteiger charge is -2.14. The highest BCUT2D eigenvalue weighted by Gasteiger charge is 2.25. The average Bonchev–Trinajstić information content (AvgIpc) is 3.27. The molecule has 1 N–H and O–H groups in total. The highest BCUT2D eigenvalue weighted by molar-refractivity contribution is 8.18. The van der Waals surface area contributed by atoms with E-state index in [0.717, 1.165) is 39.5 Å². The number of thioether (sulfide) groups is 1. The van der Waals surface area contributed by atoms with Crippen molar-refractivity contribution in [2.75, 3.05) is 7.11 Å². The molecule has 0 radical (unpaired) electrons. The van der Waals surface area contributed by atoms with Crippen LogP contribution in [0.25, 0.3) is 11.8 Å². The quantitative estimate of drug-likeness (QED) is 0.419. The first kappa shape index (κ1) is 22.6. The number of aromatic nitrogens is 1. The molecule has 1 amide bonds. The third-order valence-electron chi connectivity index (χ3n) is 5.53. The van der Waals surface area contributed by atoms with Gasteiger partial charge in [-0.25, -0.2) is 9.79 Å². The monoisotopic (exact) mass is 459 g/mol. The van der Waals surface area contributed by atoms with Crippen LogP contribution in [0.4, 0.5) is 5.69 Å². The topological polar surface area (TPSA) is 72.7 Å². The fourth-order valence-electron chi connectivity index (χ4n) is 3.81. The molecule has 33 heavy (non-hydrogen) atoms. The Balaban J connectivity index is 1.64. The molecular formula is C26H25N3O3S. The van der Waals surface area contributed by atoms with E-state index in [1.807, 2.05) is 70.2 Å². The molecule has 2 aromatic carbocycles.